The van der Waals surface area contributed by atoms with Crippen LogP contribution in [0.1, 0.15) is 12.0 Å². The number of nitrogens with zero attached hydrogens (tertiary/aromatic N) is 1. The third-order valence-electron chi connectivity index (χ3n) is 4.50. The number of anilines is 1. The number of hydrogen-bond donors (Lipinski definition) is 1. The molecule has 1 aliphatic rings. The number of hydrogen-bond acceptors (Lipinski definition) is 4. The van der Waals surface area contributed by atoms with Crippen LogP contribution in [0.3, 0.4) is 0 Å². The Morgan fingerprint density at radius 3 is 2.82 bits per heavy atom. The highest BCUT2D eigenvalue weighted by molar-refractivity contribution is 7.98. The highest BCUT2D eigenvalue weighted by atomic mass is 32.2. The van der Waals surface area contributed by atoms with Crippen molar-refractivity contribution in [1.29, 1.82) is 0 Å². The first kappa shape index (κ1) is 20.1. The van der Waals surface area contributed by atoms with Crippen LogP contribution in [-0.4, -0.2) is 31.2 Å². The van der Waals surface area contributed by atoms with Crippen LogP contribution in [0, 0.1) is 5.92 Å². The molecule has 8 heteroatoms. The average molecular weight is 406 g/mol. The fraction of sp³-hybridized carbons (Fsp3) is 0.300. The average Bonchev–Trinajstić information content (AvgIpc) is 3.08. The van der Waals surface area contributed by atoms with Gasteiger partial charge in [0.05, 0.1) is 5.92 Å². The van der Waals surface area contributed by atoms with Gasteiger partial charge in [0.2, 0.25) is 11.8 Å². The van der Waals surface area contributed by atoms with Gasteiger partial charge in [-0.15, -0.1) is 11.8 Å². The van der Waals surface area contributed by atoms with E-state index < -0.39 is 12.5 Å². The van der Waals surface area contributed by atoms with Crippen LogP contribution in [0.15, 0.2) is 53.4 Å². The molecule has 1 saturated heterocycles. The minimum Gasteiger partial charge on any atom is -0.434 e. The van der Waals surface area contributed by atoms with Crippen LogP contribution in [0.4, 0.5) is 14.5 Å². The molecule has 0 bridgehead atoms. The van der Waals surface area contributed by atoms with Crippen LogP contribution < -0.4 is 15.0 Å². The lowest BCUT2D eigenvalue weighted by Gasteiger charge is -2.17. The summed E-state index contributed by atoms with van der Waals surface area (Å²) in [6.45, 7) is -2.60. The second-order valence-electron chi connectivity index (χ2n) is 6.31. The lowest BCUT2D eigenvalue weighted by Crippen LogP contribution is -2.32. The molecule has 0 saturated carbocycles. The molecule has 5 nitrogen and oxygen atoms in total. The van der Waals surface area contributed by atoms with Crippen molar-refractivity contribution >= 4 is 29.3 Å². The predicted octanol–water partition coefficient (Wildman–Crippen LogP) is 3.68. The van der Waals surface area contributed by atoms with E-state index in [-0.39, 0.29) is 37.1 Å². The number of para-hydroxylation sites is 1. The van der Waals surface area contributed by atoms with E-state index in [2.05, 4.69) is 10.1 Å². The number of ether oxygens (including phenoxy) is 1. The van der Waals surface area contributed by atoms with Gasteiger partial charge in [-0.1, -0.05) is 24.3 Å². The topological polar surface area (TPSA) is 58.6 Å². The quantitative estimate of drug-likeness (QED) is 0.713. The molecule has 3 rings (SSSR count). The van der Waals surface area contributed by atoms with Gasteiger partial charge in [0.15, 0.2) is 0 Å². The van der Waals surface area contributed by atoms with E-state index in [4.69, 9.17) is 0 Å². The minimum absolute atomic E-state index is 0.0239. The Kier molecular flexibility index (Phi) is 6.51. The van der Waals surface area contributed by atoms with Gasteiger partial charge in [0, 0.05) is 35.7 Å². The zero-order valence-corrected chi connectivity index (χ0v) is 16.0. The van der Waals surface area contributed by atoms with Crippen LogP contribution in [-0.2, 0) is 16.1 Å². The maximum atomic E-state index is 12.5. The van der Waals surface area contributed by atoms with Crippen LogP contribution in [0.2, 0.25) is 0 Å². The third-order valence-corrected chi connectivity index (χ3v) is 5.23. The summed E-state index contributed by atoms with van der Waals surface area (Å²) in [6.07, 6.45) is 2.07. The Morgan fingerprint density at radius 1 is 1.29 bits per heavy atom. The molecule has 2 aromatic carbocycles. The summed E-state index contributed by atoms with van der Waals surface area (Å²) in [5.41, 5.74) is 1.22. The molecule has 1 unspecified atom stereocenters. The number of nitrogens with one attached hydrogen (secondary N) is 1. The van der Waals surface area contributed by atoms with Crippen molar-refractivity contribution in [2.45, 2.75) is 24.5 Å². The van der Waals surface area contributed by atoms with Gasteiger partial charge in [0.1, 0.15) is 5.75 Å². The van der Waals surface area contributed by atoms with Gasteiger partial charge >= 0.3 is 6.61 Å². The standard InChI is InChI=1S/C20H20F2N2O3S/c1-28-16-7-4-6-15(10-16)24-12-14(9-18(24)25)19(26)23-11-13-5-2-3-8-17(13)27-20(21)22/h2-8,10,14,20H,9,11-12H2,1H3,(H,23,26). The van der Waals surface area contributed by atoms with Crippen molar-refractivity contribution in [2.24, 2.45) is 5.92 Å². The number of amides is 2. The summed E-state index contributed by atoms with van der Waals surface area (Å²) < 4.78 is 29.5. The SMILES string of the molecule is CSc1cccc(N2CC(C(=O)NCc3ccccc3OC(F)F)CC2=O)c1. The molecular formula is C20H20F2N2O3S. The van der Waals surface area contributed by atoms with Gasteiger partial charge in [0.25, 0.3) is 0 Å². The van der Waals surface area contributed by atoms with E-state index in [0.717, 1.165) is 10.6 Å². The molecule has 1 fully saturated rings. The lowest BCUT2D eigenvalue weighted by atomic mass is 10.1. The maximum Gasteiger partial charge on any atom is 0.387 e. The highest BCUT2D eigenvalue weighted by Crippen LogP contribution is 2.28. The van der Waals surface area contributed by atoms with Gasteiger partial charge in [-0.25, -0.2) is 0 Å². The van der Waals surface area contributed by atoms with Gasteiger partial charge in [-0.05, 0) is 30.5 Å². The number of carbonyl (C=O) groups is 2. The number of carbonyl (C=O) groups excluding carboxylic acids is 2. The van der Waals surface area contributed by atoms with Crippen molar-refractivity contribution < 1.29 is 23.1 Å². The first-order chi connectivity index (χ1) is 13.5. The van der Waals surface area contributed by atoms with Crippen molar-refractivity contribution in [3.8, 4) is 5.75 Å². The first-order valence-electron chi connectivity index (χ1n) is 8.72. The Balaban J connectivity index is 1.62. The first-order valence-corrected chi connectivity index (χ1v) is 9.95. The van der Waals surface area contributed by atoms with E-state index in [0.29, 0.717) is 5.56 Å². The maximum absolute atomic E-state index is 12.5. The zero-order valence-electron chi connectivity index (χ0n) is 15.2. The minimum atomic E-state index is -2.94. The van der Waals surface area contributed by atoms with E-state index in [1.807, 2.05) is 30.5 Å². The van der Waals surface area contributed by atoms with Crippen LogP contribution in [0.5, 0.6) is 5.75 Å². The molecular weight excluding hydrogens is 386 g/mol. The number of rotatable bonds is 7. The second kappa shape index (κ2) is 9.05. The molecule has 148 valence electrons. The fourth-order valence-corrected chi connectivity index (χ4v) is 3.55. The molecule has 0 aliphatic carbocycles. The molecule has 28 heavy (non-hydrogen) atoms. The van der Waals surface area contributed by atoms with E-state index >= 15 is 0 Å². The van der Waals surface area contributed by atoms with Gasteiger partial charge in [-0.2, -0.15) is 8.78 Å². The zero-order chi connectivity index (χ0) is 20.1. The second-order valence-corrected chi connectivity index (χ2v) is 7.19. The molecule has 2 amide bonds. The Hall–Kier alpha value is -2.61. The summed E-state index contributed by atoms with van der Waals surface area (Å²) >= 11 is 1.58. The van der Waals surface area contributed by atoms with E-state index in [9.17, 15) is 18.4 Å². The molecule has 1 atom stereocenters. The third kappa shape index (κ3) is 4.81. The molecule has 1 aliphatic heterocycles. The number of halogens is 2. The Morgan fingerprint density at radius 2 is 2.07 bits per heavy atom. The molecule has 0 radical (unpaired) electrons. The molecule has 1 N–H and O–H groups in total. The van der Waals surface area contributed by atoms with Gasteiger partial charge in [-0.3, -0.25) is 9.59 Å². The highest BCUT2D eigenvalue weighted by Gasteiger charge is 2.35. The van der Waals surface area contributed by atoms with Crippen LogP contribution in [0.25, 0.3) is 0 Å². The summed E-state index contributed by atoms with van der Waals surface area (Å²) in [5.74, 6) is -0.868. The molecule has 1 heterocycles. The lowest BCUT2D eigenvalue weighted by molar-refractivity contribution is -0.126. The number of thioether (sulfide) groups is 1. The van der Waals surface area contributed by atoms with Crippen molar-refractivity contribution in [3.63, 3.8) is 0 Å². The van der Waals surface area contributed by atoms with E-state index in [1.54, 1.807) is 34.9 Å². The summed E-state index contributed by atoms with van der Waals surface area (Å²) in [5, 5.41) is 2.72. The number of alkyl halides is 2. The van der Waals surface area contributed by atoms with E-state index in [1.165, 1.54) is 6.07 Å². The molecule has 0 spiro atoms. The predicted molar refractivity (Wildman–Crippen MR) is 104 cm³/mol. The van der Waals surface area contributed by atoms with Gasteiger partial charge < -0.3 is 15.0 Å². The molecule has 2 aromatic rings. The largest absolute Gasteiger partial charge is 0.434 e. The number of benzene rings is 2. The Labute approximate surface area is 166 Å². The summed E-state index contributed by atoms with van der Waals surface area (Å²) in [6, 6.07) is 13.9. The summed E-state index contributed by atoms with van der Waals surface area (Å²) in [4.78, 5) is 27.5. The van der Waals surface area contributed by atoms with Crippen LogP contribution >= 0.6 is 11.8 Å². The molecule has 0 aromatic heterocycles. The van der Waals surface area contributed by atoms with Crippen molar-refractivity contribution in [1.82, 2.24) is 5.32 Å². The van der Waals surface area contributed by atoms with Crippen molar-refractivity contribution in [3.05, 3.63) is 54.1 Å². The van der Waals surface area contributed by atoms with Crippen molar-refractivity contribution in [2.75, 3.05) is 17.7 Å². The summed E-state index contributed by atoms with van der Waals surface area (Å²) in [7, 11) is 0. The Bertz CT molecular complexity index is 863. The normalized spacial score (nSPS) is 16.5. The fourth-order valence-electron chi connectivity index (χ4n) is 3.10. The smallest absolute Gasteiger partial charge is 0.387 e. The monoisotopic (exact) mass is 406 g/mol.